The first-order chi connectivity index (χ1) is 4.83. The Morgan fingerprint density at radius 1 is 1.60 bits per heavy atom. The van der Waals surface area contributed by atoms with Crippen molar-refractivity contribution in [3.05, 3.63) is 35.6 Å². The summed E-state index contributed by atoms with van der Waals surface area (Å²) in [5, 5.41) is 15.9. The van der Waals surface area contributed by atoms with Gasteiger partial charge in [0.25, 0.3) is 0 Å². The molecule has 2 heteroatoms. The van der Waals surface area contributed by atoms with Crippen molar-refractivity contribution in [3.8, 4) is 0 Å². The second-order valence-corrected chi connectivity index (χ2v) is 2.09. The lowest BCUT2D eigenvalue weighted by Gasteiger charge is -1.91. The normalized spacial score (nSPS) is 17.2. The van der Waals surface area contributed by atoms with E-state index in [1.54, 1.807) is 18.2 Å². The molecule has 2 N–H and O–H groups in total. The van der Waals surface area contributed by atoms with Crippen LogP contribution in [-0.4, -0.2) is 11.3 Å². The van der Waals surface area contributed by atoms with E-state index in [0.29, 0.717) is 0 Å². The molecular formula is C8H9NO. The molecule has 0 atom stereocenters. The molecule has 10 heavy (non-hydrogen) atoms. The monoisotopic (exact) mass is 135 g/mol. The summed E-state index contributed by atoms with van der Waals surface area (Å²) < 4.78 is 0. The Balaban J connectivity index is 2.86. The van der Waals surface area contributed by atoms with E-state index in [2.05, 4.69) is 0 Å². The fraction of sp³-hybridized carbons (Fsp3) is 0.125. The number of allylic oxidation sites excluding steroid dienone is 5. The first-order valence-electron chi connectivity index (χ1n) is 3.10. The average Bonchev–Trinajstić information content (AvgIpc) is 2.13. The molecule has 0 saturated heterocycles. The SMILES string of the molecule is N=CC1=CC(O)=CC=CC1. The maximum atomic E-state index is 9.02. The summed E-state index contributed by atoms with van der Waals surface area (Å²) in [5.41, 5.74) is 0.822. The number of hydrogen-bond donors (Lipinski definition) is 2. The first-order valence-corrected chi connectivity index (χ1v) is 3.10. The van der Waals surface area contributed by atoms with Crippen molar-refractivity contribution < 1.29 is 5.11 Å². The lowest BCUT2D eigenvalue weighted by Crippen LogP contribution is -1.81. The third-order valence-corrected chi connectivity index (χ3v) is 1.28. The van der Waals surface area contributed by atoms with Crippen molar-refractivity contribution >= 4 is 6.21 Å². The maximum Gasteiger partial charge on any atom is 0.115 e. The van der Waals surface area contributed by atoms with Crippen molar-refractivity contribution in [2.24, 2.45) is 0 Å². The fourth-order valence-electron chi connectivity index (χ4n) is 0.768. The van der Waals surface area contributed by atoms with E-state index in [0.717, 1.165) is 12.0 Å². The van der Waals surface area contributed by atoms with Gasteiger partial charge in [-0.2, -0.15) is 0 Å². The Hall–Kier alpha value is -1.31. The van der Waals surface area contributed by atoms with E-state index in [1.807, 2.05) is 6.08 Å². The second-order valence-electron chi connectivity index (χ2n) is 2.09. The second kappa shape index (κ2) is 3.01. The van der Waals surface area contributed by atoms with Crippen molar-refractivity contribution in [3.63, 3.8) is 0 Å². The van der Waals surface area contributed by atoms with Crippen LogP contribution in [0.5, 0.6) is 0 Å². The summed E-state index contributed by atoms with van der Waals surface area (Å²) in [5.74, 6) is 0.215. The van der Waals surface area contributed by atoms with Gasteiger partial charge in [0.1, 0.15) is 5.76 Å². The molecule has 1 aliphatic carbocycles. The number of aliphatic hydroxyl groups excluding tert-OH is 1. The molecule has 1 aliphatic rings. The Kier molecular flexibility index (Phi) is 2.05. The van der Waals surface area contributed by atoms with Gasteiger partial charge in [0.2, 0.25) is 0 Å². The largest absolute Gasteiger partial charge is 0.508 e. The summed E-state index contributed by atoms with van der Waals surface area (Å²) in [6.45, 7) is 0. The van der Waals surface area contributed by atoms with Gasteiger partial charge in [0.05, 0.1) is 0 Å². The van der Waals surface area contributed by atoms with Crippen LogP contribution in [-0.2, 0) is 0 Å². The minimum Gasteiger partial charge on any atom is -0.508 e. The van der Waals surface area contributed by atoms with Gasteiger partial charge in [-0.1, -0.05) is 12.2 Å². The zero-order chi connectivity index (χ0) is 7.40. The van der Waals surface area contributed by atoms with Crippen LogP contribution in [0.25, 0.3) is 0 Å². The molecule has 0 heterocycles. The van der Waals surface area contributed by atoms with Crippen molar-refractivity contribution in [2.75, 3.05) is 0 Å². The zero-order valence-corrected chi connectivity index (χ0v) is 5.54. The summed E-state index contributed by atoms with van der Waals surface area (Å²) >= 11 is 0. The molecule has 0 bridgehead atoms. The van der Waals surface area contributed by atoms with Crippen molar-refractivity contribution in [1.29, 1.82) is 5.41 Å². The molecule has 0 fully saturated rings. The van der Waals surface area contributed by atoms with Crippen molar-refractivity contribution in [2.45, 2.75) is 6.42 Å². The predicted octanol–water partition coefficient (Wildman–Crippen LogP) is 1.96. The summed E-state index contributed by atoms with van der Waals surface area (Å²) in [7, 11) is 0. The predicted molar refractivity (Wildman–Crippen MR) is 41.3 cm³/mol. The minimum atomic E-state index is 0.215. The Bertz CT molecular complexity index is 223. The van der Waals surface area contributed by atoms with E-state index < -0.39 is 0 Å². The van der Waals surface area contributed by atoms with Gasteiger partial charge in [0, 0.05) is 6.21 Å². The number of aliphatic hydroxyl groups is 1. The van der Waals surface area contributed by atoms with Crippen LogP contribution < -0.4 is 0 Å². The quantitative estimate of drug-likeness (QED) is 0.530. The molecular weight excluding hydrogens is 126 g/mol. The highest BCUT2D eigenvalue weighted by molar-refractivity contribution is 5.77. The van der Waals surface area contributed by atoms with Crippen LogP contribution >= 0.6 is 0 Å². The summed E-state index contributed by atoms with van der Waals surface area (Å²) in [6.07, 6.45) is 8.86. The molecule has 0 spiro atoms. The van der Waals surface area contributed by atoms with Gasteiger partial charge in [-0.15, -0.1) is 0 Å². The third kappa shape index (κ3) is 1.58. The first kappa shape index (κ1) is 6.81. The molecule has 0 saturated carbocycles. The van der Waals surface area contributed by atoms with Crippen LogP contribution in [0.15, 0.2) is 35.6 Å². The highest BCUT2D eigenvalue weighted by Gasteiger charge is 1.94. The average molecular weight is 135 g/mol. The number of nitrogens with one attached hydrogen (secondary N) is 1. The molecule has 1 rings (SSSR count). The molecule has 0 aromatic heterocycles. The van der Waals surface area contributed by atoms with Gasteiger partial charge in [0.15, 0.2) is 0 Å². The summed E-state index contributed by atoms with van der Waals surface area (Å²) in [6, 6.07) is 0. The smallest absolute Gasteiger partial charge is 0.115 e. The van der Waals surface area contributed by atoms with Crippen molar-refractivity contribution in [1.82, 2.24) is 0 Å². The highest BCUT2D eigenvalue weighted by Crippen LogP contribution is 2.07. The standard InChI is InChI=1S/C8H9NO/c9-6-7-3-1-2-4-8(10)5-7/h1-2,4-6,9-10H,3H2. The van der Waals surface area contributed by atoms with E-state index >= 15 is 0 Å². The van der Waals surface area contributed by atoms with Gasteiger partial charge in [-0.25, -0.2) is 0 Å². The zero-order valence-electron chi connectivity index (χ0n) is 5.54. The number of hydrogen-bond acceptors (Lipinski definition) is 2. The van der Waals surface area contributed by atoms with Crippen LogP contribution in [0.1, 0.15) is 6.42 Å². The van der Waals surface area contributed by atoms with Crippen LogP contribution in [0.2, 0.25) is 0 Å². The number of rotatable bonds is 1. The van der Waals surface area contributed by atoms with Gasteiger partial charge in [-0.05, 0) is 24.1 Å². The fourth-order valence-corrected chi connectivity index (χ4v) is 0.768. The molecule has 2 nitrogen and oxygen atoms in total. The lowest BCUT2D eigenvalue weighted by atomic mass is 10.2. The Morgan fingerprint density at radius 2 is 2.40 bits per heavy atom. The summed E-state index contributed by atoms with van der Waals surface area (Å²) in [4.78, 5) is 0. The molecule has 0 aromatic carbocycles. The van der Waals surface area contributed by atoms with Crippen LogP contribution in [0.4, 0.5) is 0 Å². The minimum absolute atomic E-state index is 0.215. The third-order valence-electron chi connectivity index (χ3n) is 1.28. The van der Waals surface area contributed by atoms with E-state index in [9.17, 15) is 0 Å². The molecule has 52 valence electrons. The van der Waals surface area contributed by atoms with E-state index in [-0.39, 0.29) is 5.76 Å². The molecule has 0 amide bonds. The van der Waals surface area contributed by atoms with E-state index in [4.69, 9.17) is 10.5 Å². The van der Waals surface area contributed by atoms with Gasteiger partial charge >= 0.3 is 0 Å². The molecule has 0 aliphatic heterocycles. The van der Waals surface area contributed by atoms with Crippen LogP contribution in [0, 0.1) is 5.41 Å². The Morgan fingerprint density at radius 3 is 3.10 bits per heavy atom. The molecule has 0 aromatic rings. The lowest BCUT2D eigenvalue weighted by molar-refractivity contribution is 0.432. The van der Waals surface area contributed by atoms with Gasteiger partial charge in [-0.3, -0.25) is 0 Å². The maximum absolute atomic E-state index is 9.02. The molecule has 0 unspecified atom stereocenters. The highest BCUT2D eigenvalue weighted by atomic mass is 16.3. The van der Waals surface area contributed by atoms with Crippen LogP contribution in [0.3, 0.4) is 0 Å². The Labute approximate surface area is 59.7 Å². The topological polar surface area (TPSA) is 44.1 Å². The van der Waals surface area contributed by atoms with E-state index in [1.165, 1.54) is 6.21 Å². The molecule has 0 radical (unpaired) electrons. The van der Waals surface area contributed by atoms with Gasteiger partial charge < -0.3 is 10.5 Å².